The molecule has 2 aliphatic rings. The van der Waals surface area contributed by atoms with Crippen LogP contribution in [0, 0.1) is 5.92 Å². The van der Waals surface area contributed by atoms with Crippen LogP contribution >= 0.6 is 27.5 Å². The maximum Gasteiger partial charge on any atom is 0.165 e. The molecule has 4 heteroatoms. The van der Waals surface area contributed by atoms with Crippen molar-refractivity contribution in [3.63, 3.8) is 0 Å². The van der Waals surface area contributed by atoms with Gasteiger partial charge in [-0.25, -0.2) is 0 Å². The van der Waals surface area contributed by atoms with Crippen LogP contribution in [0.5, 0.6) is 0 Å². The highest BCUT2D eigenvalue weighted by molar-refractivity contribution is 9.09. The van der Waals surface area contributed by atoms with Crippen LogP contribution in [0.4, 0.5) is 0 Å². The van der Waals surface area contributed by atoms with E-state index < -0.39 is 0 Å². The van der Waals surface area contributed by atoms with Gasteiger partial charge in [-0.1, -0.05) is 15.9 Å². The van der Waals surface area contributed by atoms with Crippen molar-refractivity contribution >= 4 is 33.3 Å². The normalized spacial score (nSPS) is 44.0. The van der Waals surface area contributed by atoms with Crippen LogP contribution in [0.3, 0.4) is 0 Å². The van der Waals surface area contributed by atoms with E-state index in [-0.39, 0.29) is 28.0 Å². The van der Waals surface area contributed by atoms with E-state index in [2.05, 4.69) is 15.9 Å². The standard InChI is InChI=1S/C9H10BrClO2/c10-7-4-5(11)3-6-8(12)1-2-13-9(6)7/h1-2,5-7,9H,3-4H2. The Labute approximate surface area is 90.4 Å². The number of carbonyl (C=O) groups excluding carboxylic acids is 1. The molecule has 1 heterocycles. The lowest BCUT2D eigenvalue weighted by Crippen LogP contribution is -2.44. The lowest BCUT2D eigenvalue weighted by atomic mass is 9.82. The van der Waals surface area contributed by atoms with E-state index in [9.17, 15) is 4.79 Å². The zero-order valence-electron chi connectivity index (χ0n) is 6.95. The second-order valence-corrected chi connectivity index (χ2v) is 5.29. The summed E-state index contributed by atoms with van der Waals surface area (Å²) in [6.07, 6.45) is 4.57. The van der Waals surface area contributed by atoms with E-state index in [0.717, 1.165) is 12.8 Å². The minimum atomic E-state index is -0.0503. The minimum Gasteiger partial charge on any atom is -0.496 e. The summed E-state index contributed by atoms with van der Waals surface area (Å²) in [5, 5.41) is 0.0877. The maximum absolute atomic E-state index is 11.5. The zero-order chi connectivity index (χ0) is 9.42. The van der Waals surface area contributed by atoms with Gasteiger partial charge in [-0.05, 0) is 12.8 Å². The van der Waals surface area contributed by atoms with Crippen molar-refractivity contribution in [1.82, 2.24) is 0 Å². The SMILES string of the molecule is O=C1C=COC2C(Br)CC(Cl)CC12. The number of halogens is 2. The quantitative estimate of drug-likeness (QED) is 0.628. The lowest BCUT2D eigenvalue weighted by Gasteiger charge is -2.37. The molecule has 1 aliphatic carbocycles. The van der Waals surface area contributed by atoms with Gasteiger partial charge in [-0.3, -0.25) is 4.79 Å². The third-order valence-electron chi connectivity index (χ3n) is 2.58. The predicted molar refractivity (Wildman–Crippen MR) is 54.1 cm³/mol. The summed E-state index contributed by atoms with van der Waals surface area (Å²) in [5.74, 6) is 0.0941. The van der Waals surface area contributed by atoms with Crippen molar-refractivity contribution in [2.24, 2.45) is 5.92 Å². The van der Waals surface area contributed by atoms with Gasteiger partial charge in [0.15, 0.2) is 5.78 Å². The van der Waals surface area contributed by atoms with E-state index >= 15 is 0 Å². The van der Waals surface area contributed by atoms with E-state index in [1.807, 2.05) is 0 Å². The van der Waals surface area contributed by atoms with E-state index in [1.165, 1.54) is 12.3 Å². The molecule has 1 saturated carbocycles. The smallest absolute Gasteiger partial charge is 0.165 e. The minimum absolute atomic E-state index is 0.0208. The second kappa shape index (κ2) is 3.62. The molecule has 0 saturated heterocycles. The van der Waals surface area contributed by atoms with Crippen LogP contribution in [0.25, 0.3) is 0 Å². The van der Waals surface area contributed by atoms with Crippen molar-refractivity contribution in [3.8, 4) is 0 Å². The highest BCUT2D eigenvalue weighted by atomic mass is 79.9. The highest BCUT2D eigenvalue weighted by Crippen LogP contribution is 2.36. The summed E-state index contributed by atoms with van der Waals surface area (Å²) in [4.78, 5) is 11.7. The number of allylic oxidation sites excluding steroid dienone is 1. The fourth-order valence-corrected chi connectivity index (χ4v) is 3.46. The van der Waals surface area contributed by atoms with E-state index in [1.54, 1.807) is 0 Å². The molecule has 4 atom stereocenters. The van der Waals surface area contributed by atoms with Crippen LogP contribution in [-0.2, 0) is 9.53 Å². The number of carbonyl (C=O) groups is 1. The third kappa shape index (κ3) is 1.77. The molecule has 0 amide bonds. The van der Waals surface area contributed by atoms with Gasteiger partial charge in [0.1, 0.15) is 6.10 Å². The summed E-state index contributed by atoms with van der Waals surface area (Å²) < 4.78 is 5.41. The zero-order valence-corrected chi connectivity index (χ0v) is 9.29. The maximum atomic E-state index is 11.5. The summed E-state index contributed by atoms with van der Waals surface area (Å²) in [6, 6.07) is 0. The molecule has 4 unspecified atom stereocenters. The van der Waals surface area contributed by atoms with Crippen molar-refractivity contribution in [2.75, 3.05) is 0 Å². The Hall–Kier alpha value is -0.0200. The van der Waals surface area contributed by atoms with Crippen molar-refractivity contribution in [3.05, 3.63) is 12.3 Å². The van der Waals surface area contributed by atoms with Crippen LogP contribution in [-0.4, -0.2) is 22.1 Å². The molecule has 0 radical (unpaired) electrons. The van der Waals surface area contributed by atoms with E-state index in [0.29, 0.717) is 0 Å². The van der Waals surface area contributed by atoms with Crippen LogP contribution in [0.15, 0.2) is 12.3 Å². The van der Waals surface area contributed by atoms with Gasteiger partial charge in [0, 0.05) is 11.5 Å². The molecule has 0 spiro atoms. The fraction of sp³-hybridized carbons (Fsp3) is 0.667. The number of hydrogen-bond acceptors (Lipinski definition) is 2. The molecule has 0 aromatic heterocycles. The summed E-state index contributed by atoms with van der Waals surface area (Å²) in [5.41, 5.74) is 0. The summed E-state index contributed by atoms with van der Waals surface area (Å²) in [6.45, 7) is 0. The monoisotopic (exact) mass is 264 g/mol. The van der Waals surface area contributed by atoms with Crippen LogP contribution < -0.4 is 0 Å². The lowest BCUT2D eigenvalue weighted by molar-refractivity contribution is -0.125. The Morgan fingerprint density at radius 1 is 1.54 bits per heavy atom. The Kier molecular flexibility index (Phi) is 2.65. The first-order chi connectivity index (χ1) is 6.18. The molecule has 72 valence electrons. The molecule has 0 aromatic carbocycles. The van der Waals surface area contributed by atoms with Gasteiger partial charge in [-0.15, -0.1) is 11.6 Å². The molecule has 2 nitrogen and oxygen atoms in total. The van der Waals surface area contributed by atoms with Crippen molar-refractivity contribution in [2.45, 2.75) is 29.1 Å². The van der Waals surface area contributed by atoms with Gasteiger partial charge in [0.05, 0.1) is 17.0 Å². The number of ether oxygens (including phenoxy) is 1. The highest BCUT2D eigenvalue weighted by Gasteiger charge is 2.41. The largest absolute Gasteiger partial charge is 0.496 e. The first kappa shape index (κ1) is 9.53. The molecular formula is C9H10BrClO2. The second-order valence-electron chi connectivity index (χ2n) is 3.50. The number of fused-ring (bicyclic) bond motifs is 1. The summed E-state index contributed by atoms with van der Waals surface area (Å²) in [7, 11) is 0. The third-order valence-corrected chi connectivity index (χ3v) is 3.83. The van der Waals surface area contributed by atoms with Gasteiger partial charge >= 0.3 is 0 Å². The average Bonchev–Trinajstić information content (AvgIpc) is 2.07. The first-order valence-electron chi connectivity index (χ1n) is 4.32. The van der Waals surface area contributed by atoms with Gasteiger partial charge in [0.25, 0.3) is 0 Å². The van der Waals surface area contributed by atoms with Gasteiger partial charge < -0.3 is 4.74 Å². The Bertz CT molecular complexity index is 254. The predicted octanol–water partition coefficient (Wildman–Crippen LogP) is 2.25. The Morgan fingerprint density at radius 3 is 3.08 bits per heavy atom. The Balaban J connectivity index is 2.19. The van der Waals surface area contributed by atoms with E-state index in [4.69, 9.17) is 16.3 Å². The number of alkyl halides is 2. The van der Waals surface area contributed by atoms with Crippen molar-refractivity contribution < 1.29 is 9.53 Å². The number of hydrogen-bond donors (Lipinski definition) is 0. The summed E-state index contributed by atoms with van der Waals surface area (Å²) >= 11 is 9.54. The van der Waals surface area contributed by atoms with Crippen molar-refractivity contribution in [1.29, 1.82) is 0 Å². The molecular weight excluding hydrogens is 255 g/mol. The fourth-order valence-electron chi connectivity index (χ4n) is 1.92. The number of rotatable bonds is 0. The molecule has 0 bridgehead atoms. The first-order valence-corrected chi connectivity index (χ1v) is 5.67. The topological polar surface area (TPSA) is 26.3 Å². The molecule has 1 fully saturated rings. The van der Waals surface area contributed by atoms with Gasteiger partial charge in [0.2, 0.25) is 0 Å². The molecule has 1 aliphatic heterocycles. The molecule has 13 heavy (non-hydrogen) atoms. The van der Waals surface area contributed by atoms with Crippen LogP contribution in [0.1, 0.15) is 12.8 Å². The number of ketones is 1. The molecule has 0 N–H and O–H groups in total. The molecule has 0 aromatic rings. The van der Waals surface area contributed by atoms with Crippen LogP contribution in [0.2, 0.25) is 0 Å². The van der Waals surface area contributed by atoms with Gasteiger partial charge in [-0.2, -0.15) is 0 Å². The average molecular weight is 266 g/mol. The molecule has 2 rings (SSSR count). The Morgan fingerprint density at radius 2 is 2.31 bits per heavy atom.